The lowest BCUT2D eigenvalue weighted by Gasteiger charge is -2.37. The number of aryl methyl sites for hydroxylation is 2. The Labute approximate surface area is 186 Å². The monoisotopic (exact) mass is 432 g/mol. The third-order valence-corrected chi connectivity index (χ3v) is 7.08. The second-order valence-corrected chi connectivity index (χ2v) is 9.23. The number of carbonyl (C=O) groups is 1. The summed E-state index contributed by atoms with van der Waals surface area (Å²) in [6, 6.07) is 7.51. The van der Waals surface area contributed by atoms with E-state index >= 15 is 0 Å². The smallest absolute Gasteiger partial charge is 0.358 e. The van der Waals surface area contributed by atoms with Crippen molar-refractivity contribution in [1.82, 2.24) is 14.5 Å². The number of fused-ring (bicyclic) bond motifs is 3. The Morgan fingerprint density at radius 2 is 1.97 bits per heavy atom. The molecular weight excluding hydrogens is 404 g/mol. The second kappa shape index (κ2) is 7.43. The molecule has 1 spiro atoms. The lowest BCUT2D eigenvalue weighted by Crippen LogP contribution is -2.34. The maximum atomic E-state index is 13.4. The third-order valence-electron chi connectivity index (χ3n) is 7.08. The Kier molecular flexibility index (Phi) is 4.80. The van der Waals surface area contributed by atoms with Gasteiger partial charge in [-0.15, -0.1) is 0 Å². The van der Waals surface area contributed by atoms with Crippen LogP contribution in [0.2, 0.25) is 0 Å². The molecule has 2 aromatic heterocycles. The Morgan fingerprint density at radius 3 is 2.66 bits per heavy atom. The van der Waals surface area contributed by atoms with Crippen LogP contribution in [-0.2, 0) is 16.7 Å². The number of nitrogens with zero attached hydrogens (tertiary/aromatic N) is 3. The van der Waals surface area contributed by atoms with Gasteiger partial charge in [0.15, 0.2) is 5.69 Å². The number of carbonyl (C=O) groups excluding carboxylic acids is 1. The van der Waals surface area contributed by atoms with Crippen LogP contribution in [0.4, 0.5) is 5.69 Å². The molecule has 166 valence electrons. The summed E-state index contributed by atoms with van der Waals surface area (Å²) >= 11 is 0. The van der Waals surface area contributed by atoms with Gasteiger partial charge in [-0.3, -0.25) is 9.36 Å². The molecule has 1 saturated carbocycles. The average Bonchev–Trinajstić information content (AvgIpc) is 3.15. The van der Waals surface area contributed by atoms with Crippen LogP contribution in [0.5, 0.6) is 0 Å². The molecule has 3 aromatic rings. The van der Waals surface area contributed by atoms with Crippen LogP contribution in [0.15, 0.2) is 29.1 Å². The van der Waals surface area contributed by atoms with E-state index in [1.54, 1.807) is 0 Å². The zero-order valence-electron chi connectivity index (χ0n) is 19.0. The van der Waals surface area contributed by atoms with Gasteiger partial charge in [0.2, 0.25) is 0 Å². The van der Waals surface area contributed by atoms with Crippen molar-refractivity contribution in [3.05, 3.63) is 63.0 Å². The molecule has 1 aliphatic heterocycles. The number of anilines is 1. The van der Waals surface area contributed by atoms with Crippen LogP contribution in [-0.4, -0.2) is 27.6 Å². The highest BCUT2D eigenvalue weighted by Gasteiger charge is 2.46. The highest BCUT2D eigenvalue weighted by Crippen LogP contribution is 2.49. The van der Waals surface area contributed by atoms with Crippen molar-refractivity contribution in [3.63, 3.8) is 0 Å². The van der Waals surface area contributed by atoms with Crippen LogP contribution < -0.4 is 10.9 Å². The maximum absolute atomic E-state index is 13.4. The Bertz CT molecular complexity index is 1310. The van der Waals surface area contributed by atoms with Crippen molar-refractivity contribution in [2.24, 2.45) is 0 Å². The fourth-order valence-electron chi connectivity index (χ4n) is 5.20. The SMILES string of the molecule is COC(=O)c1nc(C)ccc1N[C@H](C)c1cc(C)cc2c(=O)n3c(nc12)C1(CCC1)CC3. The molecule has 0 saturated heterocycles. The first kappa shape index (κ1) is 20.7. The van der Waals surface area contributed by atoms with Crippen molar-refractivity contribution in [2.45, 2.75) is 64.5 Å². The summed E-state index contributed by atoms with van der Waals surface area (Å²) in [7, 11) is 1.35. The molecule has 0 radical (unpaired) electrons. The zero-order valence-corrected chi connectivity index (χ0v) is 19.0. The fraction of sp³-hybridized carbons (Fsp3) is 0.440. The number of aromatic nitrogens is 3. The number of hydrogen-bond acceptors (Lipinski definition) is 6. The molecule has 1 aromatic carbocycles. The molecule has 2 aliphatic rings. The molecule has 7 heteroatoms. The number of esters is 1. The van der Waals surface area contributed by atoms with Gasteiger partial charge in [0.1, 0.15) is 5.82 Å². The van der Waals surface area contributed by atoms with Gasteiger partial charge in [-0.2, -0.15) is 0 Å². The number of benzene rings is 1. The van der Waals surface area contributed by atoms with Gasteiger partial charge < -0.3 is 10.1 Å². The van der Waals surface area contributed by atoms with Crippen LogP contribution in [0.1, 0.15) is 71.8 Å². The van der Waals surface area contributed by atoms with Gasteiger partial charge in [-0.05, 0) is 63.8 Å². The van der Waals surface area contributed by atoms with E-state index in [1.165, 1.54) is 13.5 Å². The summed E-state index contributed by atoms with van der Waals surface area (Å²) in [5, 5.41) is 4.07. The first-order valence-corrected chi connectivity index (χ1v) is 11.2. The Morgan fingerprint density at radius 1 is 1.19 bits per heavy atom. The molecule has 5 rings (SSSR count). The molecule has 1 aliphatic carbocycles. The highest BCUT2D eigenvalue weighted by atomic mass is 16.5. The summed E-state index contributed by atoms with van der Waals surface area (Å²) in [5.74, 6) is 0.462. The molecule has 7 nitrogen and oxygen atoms in total. The number of ether oxygens (including phenoxy) is 1. The minimum atomic E-state index is -0.487. The van der Waals surface area contributed by atoms with Crippen molar-refractivity contribution in [2.75, 3.05) is 12.4 Å². The van der Waals surface area contributed by atoms with Crippen molar-refractivity contribution < 1.29 is 9.53 Å². The summed E-state index contributed by atoms with van der Waals surface area (Å²) in [6.07, 6.45) is 4.42. The van der Waals surface area contributed by atoms with Crippen LogP contribution >= 0.6 is 0 Å². The van der Waals surface area contributed by atoms with E-state index in [0.29, 0.717) is 11.1 Å². The first-order valence-electron chi connectivity index (χ1n) is 11.2. The third kappa shape index (κ3) is 3.10. The lowest BCUT2D eigenvalue weighted by atomic mass is 9.67. The minimum absolute atomic E-state index is 0.0539. The van der Waals surface area contributed by atoms with E-state index in [1.807, 2.05) is 43.5 Å². The van der Waals surface area contributed by atoms with E-state index in [9.17, 15) is 9.59 Å². The van der Waals surface area contributed by atoms with Gasteiger partial charge in [0.25, 0.3) is 5.56 Å². The summed E-state index contributed by atoms with van der Waals surface area (Å²) in [5.41, 5.74) is 4.41. The average molecular weight is 433 g/mol. The standard InChI is InChI=1S/C25H28N4O3/c1-14-12-17(16(3)27-19-7-6-15(2)26-21(19)23(31)32-4)20-18(13-14)22(30)29-11-10-25(8-5-9-25)24(29)28-20/h6-7,12-13,16,27H,5,8-11H2,1-4H3/t16-/m1/s1. The minimum Gasteiger partial charge on any atom is -0.464 e. The van der Waals surface area contributed by atoms with Gasteiger partial charge in [-0.25, -0.2) is 14.8 Å². The Hall–Kier alpha value is -3.22. The molecular formula is C25H28N4O3. The molecule has 3 heterocycles. The van der Waals surface area contributed by atoms with Crippen LogP contribution in [0.3, 0.4) is 0 Å². The molecule has 0 unspecified atom stereocenters. The topological polar surface area (TPSA) is 86.1 Å². The van der Waals surface area contributed by atoms with Gasteiger partial charge in [0, 0.05) is 23.2 Å². The largest absolute Gasteiger partial charge is 0.464 e. The number of methoxy groups -OCH3 is 1. The van der Waals surface area contributed by atoms with Crippen molar-refractivity contribution >= 4 is 22.6 Å². The Balaban J connectivity index is 1.62. The van der Waals surface area contributed by atoms with Crippen LogP contribution in [0, 0.1) is 13.8 Å². The number of nitrogens with one attached hydrogen (secondary N) is 1. The molecule has 0 bridgehead atoms. The molecule has 32 heavy (non-hydrogen) atoms. The van der Waals surface area contributed by atoms with Crippen molar-refractivity contribution in [1.29, 1.82) is 0 Å². The fourth-order valence-corrected chi connectivity index (χ4v) is 5.20. The van der Waals surface area contributed by atoms with Gasteiger partial charge >= 0.3 is 5.97 Å². The highest BCUT2D eigenvalue weighted by molar-refractivity contribution is 5.93. The zero-order chi connectivity index (χ0) is 22.6. The maximum Gasteiger partial charge on any atom is 0.358 e. The lowest BCUT2D eigenvalue weighted by molar-refractivity contribution is 0.0595. The molecule has 0 amide bonds. The number of hydrogen-bond donors (Lipinski definition) is 1. The normalized spacial score (nSPS) is 17.1. The first-order chi connectivity index (χ1) is 15.3. The summed E-state index contributed by atoms with van der Waals surface area (Å²) < 4.78 is 6.81. The van der Waals surface area contributed by atoms with Crippen LogP contribution in [0.25, 0.3) is 10.9 Å². The summed E-state index contributed by atoms with van der Waals surface area (Å²) in [4.78, 5) is 35.1. The van der Waals surface area contributed by atoms with E-state index in [4.69, 9.17) is 9.72 Å². The van der Waals surface area contributed by atoms with E-state index in [-0.39, 0.29) is 22.7 Å². The number of pyridine rings is 1. The predicted molar refractivity (Wildman–Crippen MR) is 123 cm³/mol. The second-order valence-electron chi connectivity index (χ2n) is 9.23. The molecule has 1 atom stereocenters. The molecule has 1 N–H and O–H groups in total. The van der Waals surface area contributed by atoms with E-state index < -0.39 is 5.97 Å². The van der Waals surface area contributed by atoms with Crippen molar-refractivity contribution in [3.8, 4) is 0 Å². The van der Waals surface area contributed by atoms with Gasteiger partial charge in [0.05, 0.1) is 29.7 Å². The van der Waals surface area contributed by atoms with E-state index in [0.717, 1.165) is 54.0 Å². The van der Waals surface area contributed by atoms with E-state index in [2.05, 4.69) is 16.4 Å². The summed E-state index contributed by atoms with van der Waals surface area (Å²) in [6.45, 7) is 6.60. The number of rotatable bonds is 4. The predicted octanol–water partition coefficient (Wildman–Crippen LogP) is 4.19. The molecule has 1 fully saturated rings. The quantitative estimate of drug-likeness (QED) is 0.622. The van der Waals surface area contributed by atoms with Gasteiger partial charge in [-0.1, -0.05) is 12.5 Å².